The van der Waals surface area contributed by atoms with Gasteiger partial charge in [0, 0.05) is 10.6 Å². The van der Waals surface area contributed by atoms with E-state index in [9.17, 15) is 5.11 Å². The highest BCUT2D eigenvalue weighted by molar-refractivity contribution is 7.99. The Morgan fingerprint density at radius 3 is 2.29 bits per heavy atom. The highest BCUT2D eigenvalue weighted by atomic mass is 32.2. The molecule has 0 saturated heterocycles. The second-order valence-electron chi connectivity index (χ2n) is 3.84. The molecule has 1 nitrogen and oxygen atoms in total. The maximum absolute atomic E-state index is 9.33. The summed E-state index contributed by atoms with van der Waals surface area (Å²) in [5.41, 5.74) is 1.29. The molecule has 0 heterocycles. The van der Waals surface area contributed by atoms with Gasteiger partial charge in [-0.25, -0.2) is 0 Å². The number of thioether (sulfide) groups is 1. The summed E-state index contributed by atoms with van der Waals surface area (Å²) in [6.45, 7) is 6.01. The zero-order valence-corrected chi connectivity index (χ0v) is 9.84. The van der Waals surface area contributed by atoms with E-state index >= 15 is 0 Å². The van der Waals surface area contributed by atoms with Gasteiger partial charge in [-0.1, -0.05) is 24.6 Å². The fourth-order valence-electron chi connectivity index (χ4n) is 1.00. The van der Waals surface area contributed by atoms with Crippen LogP contribution in [0.15, 0.2) is 29.2 Å². The molecule has 2 heteroatoms. The zero-order valence-electron chi connectivity index (χ0n) is 9.03. The third-order valence-corrected chi connectivity index (χ3v) is 3.66. The molecule has 0 aliphatic rings. The monoisotopic (exact) mass is 210 g/mol. The van der Waals surface area contributed by atoms with Gasteiger partial charge in [0.25, 0.3) is 0 Å². The third kappa shape index (κ3) is 3.72. The highest BCUT2D eigenvalue weighted by Gasteiger charge is 2.08. The molecule has 0 aliphatic heterocycles. The first kappa shape index (κ1) is 11.6. The number of benzene rings is 1. The molecule has 2 atom stereocenters. The van der Waals surface area contributed by atoms with Crippen molar-refractivity contribution in [3.05, 3.63) is 29.8 Å². The lowest BCUT2D eigenvalue weighted by Gasteiger charge is -2.13. The summed E-state index contributed by atoms with van der Waals surface area (Å²) in [7, 11) is 0. The van der Waals surface area contributed by atoms with Gasteiger partial charge in [-0.3, -0.25) is 0 Å². The van der Waals surface area contributed by atoms with Crippen molar-refractivity contribution in [2.45, 2.75) is 31.8 Å². The topological polar surface area (TPSA) is 20.2 Å². The van der Waals surface area contributed by atoms with Crippen LogP contribution in [0.1, 0.15) is 19.4 Å². The molecule has 1 aromatic rings. The fourth-order valence-corrected chi connectivity index (χ4v) is 2.06. The van der Waals surface area contributed by atoms with Gasteiger partial charge in [0.2, 0.25) is 0 Å². The molecule has 0 bridgehead atoms. The summed E-state index contributed by atoms with van der Waals surface area (Å²) in [5, 5.41) is 9.33. The summed E-state index contributed by atoms with van der Waals surface area (Å²) in [4.78, 5) is 1.28. The van der Waals surface area contributed by atoms with Gasteiger partial charge in [0.1, 0.15) is 0 Å². The van der Waals surface area contributed by atoms with Crippen molar-refractivity contribution in [1.82, 2.24) is 0 Å². The predicted octanol–water partition coefficient (Wildman–Crippen LogP) is 3.10. The van der Waals surface area contributed by atoms with E-state index in [4.69, 9.17) is 0 Å². The molecule has 1 N–H and O–H groups in total. The Bertz CT molecular complexity index is 266. The van der Waals surface area contributed by atoms with Crippen LogP contribution in [0.3, 0.4) is 0 Å². The average molecular weight is 210 g/mol. The van der Waals surface area contributed by atoms with Crippen LogP contribution in [0, 0.1) is 12.8 Å². The molecule has 0 saturated carbocycles. The minimum absolute atomic E-state index is 0.215. The van der Waals surface area contributed by atoms with Gasteiger partial charge >= 0.3 is 0 Å². The molecule has 0 fully saturated rings. The summed E-state index contributed by atoms with van der Waals surface area (Å²) >= 11 is 1.81. The van der Waals surface area contributed by atoms with E-state index in [1.807, 2.05) is 6.92 Å². The van der Waals surface area contributed by atoms with Crippen LogP contribution >= 0.6 is 11.8 Å². The van der Waals surface area contributed by atoms with E-state index in [0.717, 1.165) is 5.75 Å². The van der Waals surface area contributed by atoms with Crippen molar-refractivity contribution in [3.63, 3.8) is 0 Å². The number of hydrogen-bond donors (Lipinski definition) is 1. The minimum Gasteiger partial charge on any atom is -0.393 e. The minimum atomic E-state index is -0.215. The standard InChI is InChI=1S/C12H18OS/c1-9-4-6-12(7-5-9)14-8-10(2)11(3)13/h4-7,10-11,13H,8H2,1-3H3/t10-,11+/m0/s1. The van der Waals surface area contributed by atoms with Gasteiger partial charge in [-0.2, -0.15) is 0 Å². The van der Waals surface area contributed by atoms with Crippen LogP contribution in [0.5, 0.6) is 0 Å². The molecule has 0 amide bonds. The van der Waals surface area contributed by atoms with Gasteiger partial charge in [0.15, 0.2) is 0 Å². The van der Waals surface area contributed by atoms with Gasteiger partial charge in [0.05, 0.1) is 6.10 Å². The Hall–Kier alpha value is -0.470. The smallest absolute Gasteiger partial charge is 0.0545 e. The first-order valence-corrected chi connectivity index (χ1v) is 5.95. The Morgan fingerprint density at radius 1 is 1.21 bits per heavy atom. The first-order chi connectivity index (χ1) is 6.59. The van der Waals surface area contributed by atoms with Gasteiger partial charge in [-0.15, -0.1) is 11.8 Å². The van der Waals surface area contributed by atoms with E-state index in [0.29, 0.717) is 5.92 Å². The molecule has 0 radical (unpaired) electrons. The molecule has 0 aromatic heterocycles. The largest absolute Gasteiger partial charge is 0.393 e. The molecule has 1 rings (SSSR count). The lowest BCUT2D eigenvalue weighted by Crippen LogP contribution is -2.15. The van der Waals surface area contributed by atoms with E-state index in [1.54, 1.807) is 11.8 Å². The first-order valence-electron chi connectivity index (χ1n) is 4.97. The van der Waals surface area contributed by atoms with Crippen molar-refractivity contribution in [2.24, 2.45) is 5.92 Å². The number of rotatable bonds is 4. The van der Waals surface area contributed by atoms with Crippen LogP contribution in [-0.2, 0) is 0 Å². The normalized spacial score (nSPS) is 15.1. The second kappa shape index (κ2) is 5.42. The Labute approximate surface area is 90.5 Å². The predicted molar refractivity (Wildman–Crippen MR) is 62.7 cm³/mol. The van der Waals surface area contributed by atoms with E-state index in [1.165, 1.54) is 10.5 Å². The van der Waals surface area contributed by atoms with Crippen LogP contribution in [0.4, 0.5) is 0 Å². The maximum Gasteiger partial charge on any atom is 0.0545 e. The summed E-state index contributed by atoms with van der Waals surface area (Å²) in [6.07, 6.45) is -0.215. The molecule has 14 heavy (non-hydrogen) atoms. The lowest BCUT2D eigenvalue weighted by atomic mass is 10.1. The van der Waals surface area contributed by atoms with Crippen molar-refractivity contribution in [1.29, 1.82) is 0 Å². The number of aryl methyl sites for hydroxylation is 1. The molecule has 1 aromatic carbocycles. The molecular weight excluding hydrogens is 192 g/mol. The van der Waals surface area contributed by atoms with E-state index < -0.39 is 0 Å². The third-order valence-electron chi connectivity index (χ3n) is 2.36. The molecular formula is C12H18OS. The van der Waals surface area contributed by atoms with Crippen molar-refractivity contribution < 1.29 is 5.11 Å². The Morgan fingerprint density at radius 2 is 1.79 bits per heavy atom. The van der Waals surface area contributed by atoms with Crippen molar-refractivity contribution >= 4 is 11.8 Å². The summed E-state index contributed by atoms with van der Waals surface area (Å²) in [5.74, 6) is 1.32. The van der Waals surface area contributed by atoms with Crippen molar-refractivity contribution in [3.8, 4) is 0 Å². The summed E-state index contributed by atoms with van der Waals surface area (Å²) < 4.78 is 0. The molecule has 0 spiro atoms. The molecule has 0 aliphatic carbocycles. The van der Waals surface area contributed by atoms with Crippen LogP contribution in [0.2, 0.25) is 0 Å². The SMILES string of the molecule is Cc1ccc(SC[C@H](C)[C@@H](C)O)cc1. The number of aliphatic hydroxyl groups is 1. The second-order valence-corrected chi connectivity index (χ2v) is 4.94. The number of aliphatic hydroxyl groups excluding tert-OH is 1. The average Bonchev–Trinajstić information content (AvgIpc) is 2.16. The fraction of sp³-hybridized carbons (Fsp3) is 0.500. The van der Waals surface area contributed by atoms with Gasteiger partial charge in [-0.05, 0) is 31.9 Å². The summed E-state index contributed by atoms with van der Waals surface area (Å²) in [6, 6.07) is 8.51. The Balaban J connectivity index is 2.42. The molecule has 0 unspecified atom stereocenters. The molecule has 78 valence electrons. The maximum atomic E-state index is 9.33. The quantitative estimate of drug-likeness (QED) is 0.771. The van der Waals surface area contributed by atoms with E-state index in [-0.39, 0.29) is 6.10 Å². The highest BCUT2D eigenvalue weighted by Crippen LogP contribution is 2.22. The van der Waals surface area contributed by atoms with Gasteiger partial charge < -0.3 is 5.11 Å². The van der Waals surface area contributed by atoms with Crippen LogP contribution < -0.4 is 0 Å². The number of hydrogen-bond acceptors (Lipinski definition) is 2. The lowest BCUT2D eigenvalue weighted by molar-refractivity contribution is 0.147. The Kier molecular flexibility index (Phi) is 4.49. The van der Waals surface area contributed by atoms with Crippen molar-refractivity contribution in [2.75, 3.05) is 5.75 Å². The van der Waals surface area contributed by atoms with Crippen LogP contribution in [-0.4, -0.2) is 17.0 Å². The van der Waals surface area contributed by atoms with Crippen LogP contribution in [0.25, 0.3) is 0 Å². The van der Waals surface area contributed by atoms with E-state index in [2.05, 4.69) is 38.1 Å². The zero-order chi connectivity index (χ0) is 10.6.